The summed E-state index contributed by atoms with van der Waals surface area (Å²) in [5.41, 5.74) is 14.9. The minimum absolute atomic E-state index is 0.118. The van der Waals surface area contributed by atoms with Gasteiger partial charge in [0.05, 0.1) is 31.3 Å². The maximum atomic E-state index is 13.8. The summed E-state index contributed by atoms with van der Waals surface area (Å²) in [4.78, 5) is 27.6. The van der Waals surface area contributed by atoms with Crippen LogP contribution in [0.4, 0.5) is 17.2 Å². The molecular formula is C48H58N10O2. The highest BCUT2D eigenvalue weighted by Gasteiger charge is 2.32. The Morgan fingerprint density at radius 2 is 1.77 bits per heavy atom. The smallest absolute Gasteiger partial charge is 0.253 e. The number of hydrogen-bond acceptors (Lipinski definition) is 10. The Balaban J connectivity index is 0.726. The summed E-state index contributed by atoms with van der Waals surface area (Å²) in [6, 6.07) is 18.0. The lowest BCUT2D eigenvalue weighted by atomic mass is 9.85. The van der Waals surface area contributed by atoms with Crippen LogP contribution >= 0.6 is 0 Å². The third-order valence-corrected chi connectivity index (χ3v) is 13.7. The summed E-state index contributed by atoms with van der Waals surface area (Å²) < 4.78 is 18.9. The Morgan fingerprint density at radius 3 is 2.55 bits per heavy atom. The van der Waals surface area contributed by atoms with Crippen molar-refractivity contribution in [3.63, 3.8) is 0 Å². The second-order valence-corrected chi connectivity index (χ2v) is 17.7. The van der Waals surface area contributed by atoms with Crippen molar-refractivity contribution < 1.29 is 12.6 Å². The summed E-state index contributed by atoms with van der Waals surface area (Å²) in [5, 5.41) is 23.1. The molecule has 0 bridgehead atoms. The molecule has 3 aliphatic heterocycles. The number of piperazine rings is 1. The van der Waals surface area contributed by atoms with Gasteiger partial charge in [0.15, 0.2) is 5.82 Å². The zero-order valence-electron chi connectivity index (χ0n) is 36.6. The molecule has 10 rings (SSSR count). The highest BCUT2D eigenvalue weighted by molar-refractivity contribution is 5.94. The normalized spacial score (nSPS) is 25.7. The fourth-order valence-corrected chi connectivity index (χ4v) is 10.3. The Labute approximate surface area is 355 Å². The van der Waals surface area contributed by atoms with Gasteiger partial charge in [0.2, 0.25) is 0 Å². The first-order chi connectivity index (χ1) is 30.2. The van der Waals surface area contributed by atoms with Crippen LogP contribution in [0.15, 0.2) is 79.3 Å². The molecule has 12 heteroatoms. The number of aromatic nitrogens is 4. The predicted molar refractivity (Wildman–Crippen MR) is 238 cm³/mol. The molecule has 12 nitrogen and oxygen atoms in total. The molecular weight excluding hydrogens is 749 g/mol. The molecule has 3 atom stereocenters. The number of benzene rings is 2. The van der Waals surface area contributed by atoms with Crippen LogP contribution in [-0.2, 0) is 0 Å². The zero-order chi connectivity index (χ0) is 42.5. The minimum atomic E-state index is -0.706. The number of nitrogen functional groups attached to an aromatic ring is 1. The number of aryl methyl sites for hydroxylation is 1. The van der Waals surface area contributed by atoms with Gasteiger partial charge in [-0.1, -0.05) is 24.3 Å². The van der Waals surface area contributed by atoms with E-state index in [4.69, 9.17) is 13.5 Å². The molecule has 2 saturated heterocycles. The second-order valence-electron chi connectivity index (χ2n) is 17.7. The van der Waals surface area contributed by atoms with Crippen molar-refractivity contribution in [2.75, 3.05) is 74.5 Å². The number of phenolic OH excluding ortho intramolecular Hbond substituents is 1. The monoisotopic (exact) mass is 808 g/mol. The van der Waals surface area contributed by atoms with E-state index in [-0.39, 0.29) is 17.6 Å². The molecule has 312 valence electrons. The minimum Gasteiger partial charge on any atom is -0.507 e. The van der Waals surface area contributed by atoms with E-state index in [1.54, 1.807) is 18.2 Å². The molecule has 60 heavy (non-hydrogen) atoms. The van der Waals surface area contributed by atoms with Crippen LogP contribution in [0.3, 0.4) is 0 Å². The van der Waals surface area contributed by atoms with Gasteiger partial charge in [-0.2, -0.15) is 0 Å². The number of hydrogen-bond donors (Lipinski definition) is 3. The molecule has 3 aromatic heterocycles. The number of carbonyl (C=O) groups excluding carboxylic acids is 1. The maximum absolute atomic E-state index is 13.8. The Kier molecular flexibility index (Phi) is 10.0. The van der Waals surface area contributed by atoms with Gasteiger partial charge in [-0.25, -0.2) is 4.98 Å². The molecule has 1 amide bonds. The molecule has 0 radical (unpaired) electrons. The van der Waals surface area contributed by atoms with Crippen molar-refractivity contribution in [3.8, 4) is 17.0 Å². The topological polar surface area (TPSA) is 132 Å². The van der Waals surface area contributed by atoms with E-state index in [1.165, 1.54) is 42.2 Å². The number of fused-ring (bicyclic) bond motifs is 1. The van der Waals surface area contributed by atoms with E-state index in [0.29, 0.717) is 35.0 Å². The number of amides is 1. The lowest BCUT2D eigenvalue weighted by Gasteiger charge is -2.38. The molecule has 2 unspecified atom stereocenters. The number of anilines is 3. The van der Waals surface area contributed by atoms with Crippen LogP contribution in [-0.4, -0.2) is 99.5 Å². The number of para-hydroxylation sites is 1. The van der Waals surface area contributed by atoms with Crippen LogP contribution in [0.1, 0.15) is 99.0 Å². The van der Waals surface area contributed by atoms with Gasteiger partial charge >= 0.3 is 0 Å². The number of carbonyl (C=O) groups is 1. The number of phenols is 1. The molecule has 6 heterocycles. The molecule has 2 aromatic carbocycles. The van der Waals surface area contributed by atoms with E-state index >= 15 is 0 Å². The summed E-state index contributed by atoms with van der Waals surface area (Å²) in [5.74, 6) is 2.20. The van der Waals surface area contributed by atoms with Gasteiger partial charge in [0, 0.05) is 94.6 Å². The fourth-order valence-electron chi connectivity index (χ4n) is 10.3. The maximum Gasteiger partial charge on any atom is 0.253 e. The van der Waals surface area contributed by atoms with Crippen molar-refractivity contribution in [1.29, 1.82) is 0 Å². The van der Waals surface area contributed by atoms with E-state index < -0.39 is 13.2 Å². The van der Waals surface area contributed by atoms with Gasteiger partial charge in [0.25, 0.3) is 5.91 Å². The van der Waals surface area contributed by atoms with E-state index in [9.17, 15) is 9.90 Å². The fraction of sp³-hybridized carbons (Fsp3) is 0.458. The summed E-state index contributed by atoms with van der Waals surface area (Å²) in [6.45, 7) is 6.90. The van der Waals surface area contributed by atoms with Crippen LogP contribution in [0.5, 0.6) is 5.75 Å². The van der Waals surface area contributed by atoms with Crippen molar-refractivity contribution in [3.05, 3.63) is 102 Å². The molecule has 0 spiro atoms. The number of piperidine rings is 1. The van der Waals surface area contributed by atoms with E-state index in [2.05, 4.69) is 61.2 Å². The lowest BCUT2D eigenvalue weighted by Crippen LogP contribution is -2.50. The van der Waals surface area contributed by atoms with E-state index in [0.717, 1.165) is 99.6 Å². The predicted octanol–water partition coefficient (Wildman–Crippen LogP) is 7.42. The summed E-state index contributed by atoms with van der Waals surface area (Å²) in [6.07, 6.45) is 17.1. The highest BCUT2D eigenvalue weighted by Crippen LogP contribution is 2.46. The van der Waals surface area contributed by atoms with Gasteiger partial charge in [0.1, 0.15) is 11.4 Å². The third kappa shape index (κ3) is 7.83. The van der Waals surface area contributed by atoms with Crippen molar-refractivity contribution >= 4 is 34.1 Å². The lowest BCUT2D eigenvalue weighted by molar-refractivity contribution is 0.0600. The van der Waals surface area contributed by atoms with Gasteiger partial charge in [-0.15, -0.1) is 10.2 Å². The number of aromatic hydroxyl groups is 1. The van der Waals surface area contributed by atoms with Crippen molar-refractivity contribution in [2.45, 2.75) is 76.2 Å². The number of nitrogens with one attached hydrogen (secondary N) is 1. The van der Waals surface area contributed by atoms with Crippen molar-refractivity contribution in [1.82, 2.24) is 34.9 Å². The van der Waals surface area contributed by atoms with Crippen LogP contribution < -0.4 is 20.9 Å². The Hall–Kier alpha value is -5.46. The van der Waals surface area contributed by atoms with Gasteiger partial charge in [-0.05, 0) is 123 Å². The second kappa shape index (κ2) is 16.5. The van der Waals surface area contributed by atoms with Crippen LogP contribution in [0.25, 0.3) is 22.3 Å². The summed E-state index contributed by atoms with van der Waals surface area (Å²) in [7, 11) is 0. The summed E-state index contributed by atoms with van der Waals surface area (Å²) >= 11 is 0. The quantitative estimate of drug-likeness (QED) is 0.138. The third-order valence-electron chi connectivity index (χ3n) is 13.7. The number of nitrogens with two attached hydrogens (primary N) is 1. The number of nitrogens with zero attached hydrogens (tertiary/aromatic N) is 8. The Morgan fingerprint density at radius 1 is 0.933 bits per heavy atom. The average molecular weight is 809 g/mol. The molecule has 5 aliphatic rings. The van der Waals surface area contributed by atoms with Crippen LogP contribution in [0, 0.1) is 12.8 Å². The molecule has 5 aromatic rings. The standard InChI is InChI=1S/C48H58N10O2/c1-32-24-35(13-16-39(32)36-6-4-18-56(29-36)44-26-43(52-53-46(44)49)40-7-2-3-8-45(40)59)48(60)55-22-20-54(21-23-55)28-33-9-14-37(15-10-33)58-30-42(34-11-12-34)41-25-38(27-51-47(41)58)57-19-5-17-50-31-57/h2-3,5,7-8,13,16,19,24-27,30,33-34,36-37,50,59H,4,6,9-12,14-15,17-18,20-23,28-29,31H2,1H3,(H2,49,53)/t33?,36-,37?/m0/s1/i17D,31D/t17?,31?,33?,36-,37?. The number of rotatable bonds is 9. The van der Waals surface area contributed by atoms with Crippen LogP contribution in [0.2, 0.25) is 0 Å². The Bertz CT molecular complexity index is 2470. The first-order valence-electron chi connectivity index (χ1n) is 23.2. The molecule has 4 fully saturated rings. The van der Waals surface area contributed by atoms with Gasteiger partial charge < -0.3 is 30.1 Å². The zero-order valence-corrected chi connectivity index (χ0v) is 34.6. The van der Waals surface area contributed by atoms with Crippen molar-refractivity contribution in [2.24, 2.45) is 5.92 Å². The first kappa shape index (κ1) is 36.4. The molecule has 4 N–H and O–H groups in total. The largest absolute Gasteiger partial charge is 0.507 e. The SMILES string of the molecule is [2H]C1C=CN(c2cnc3c(c2)c(C2CC2)cn3C2CCC(CN3CCN(C(=O)c4ccc([C@H]5CCCN(c6cc(-c7ccccc7O)nnc6N)C5)c(C)c4)CC3)CC2)C([2H])N1. The van der Waals surface area contributed by atoms with E-state index in [1.807, 2.05) is 46.5 Å². The highest BCUT2D eigenvalue weighted by atomic mass is 16.3. The van der Waals surface area contributed by atoms with Gasteiger partial charge in [-0.3, -0.25) is 15.0 Å². The number of pyridine rings is 1. The average Bonchev–Trinajstić information content (AvgIpc) is 4.07. The molecule has 2 saturated carbocycles. The first-order valence-corrected chi connectivity index (χ1v) is 22.0. The molecule has 2 aliphatic carbocycles.